The summed E-state index contributed by atoms with van der Waals surface area (Å²) in [6, 6.07) is 20.4. The third kappa shape index (κ3) is 4.34. The first-order chi connectivity index (χ1) is 8.95. The zero-order valence-corrected chi connectivity index (χ0v) is 10.3. The molecule has 18 heavy (non-hydrogen) atoms. The summed E-state index contributed by atoms with van der Waals surface area (Å²) in [4.78, 5) is 0. The highest BCUT2D eigenvalue weighted by molar-refractivity contribution is 5.44. The van der Waals surface area contributed by atoms with Crippen molar-refractivity contribution >= 4 is 11.4 Å². The molecule has 2 heteroatoms. The van der Waals surface area contributed by atoms with Gasteiger partial charge in [-0.15, -0.1) is 0 Å². The van der Waals surface area contributed by atoms with Gasteiger partial charge in [0.2, 0.25) is 0 Å². The Labute approximate surface area is 108 Å². The lowest BCUT2D eigenvalue weighted by atomic mass is 10.3. The molecule has 0 aliphatic carbocycles. The summed E-state index contributed by atoms with van der Waals surface area (Å²) >= 11 is 0. The second-order valence-corrected chi connectivity index (χ2v) is 3.97. The van der Waals surface area contributed by atoms with Gasteiger partial charge in [-0.25, -0.2) is 0 Å². The summed E-state index contributed by atoms with van der Waals surface area (Å²) < 4.78 is 0. The number of hydrogen-bond donors (Lipinski definition) is 2. The zero-order chi connectivity index (χ0) is 12.5. The maximum atomic E-state index is 3.33. The van der Waals surface area contributed by atoms with E-state index in [1.807, 2.05) is 36.4 Å². The molecule has 0 amide bonds. The van der Waals surface area contributed by atoms with Crippen molar-refractivity contribution in [2.45, 2.75) is 0 Å². The Kier molecular flexibility index (Phi) is 4.88. The van der Waals surface area contributed by atoms with E-state index in [2.05, 4.69) is 47.1 Å². The second-order valence-electron chi connectivity index (χ2n) is 3.97. The van der Waals surface area contributed by atoms with Crippen molar-refractivity contribution in [2.75, 3.05) is 23.7 Å². The minimum atomic E-state index is 0.848. The molecule has 0 radical (unpaired) electrons. The Balaban J connectivity index is 1.64. The van der Waals surface area contributed by atoms with E-state index in [1.165, 1.54) is 0 Å². The lowest BCUT2D eigenvalue weighted by molar-refractivity contribution is 1.28. The van der Waals surface area contributed by atoms with Gasteiger partial charge >= 0.3 is 0 Å². The molecule has 2 rings (SSSR count). The van der Waals surface area contributed by atoms with Crippen molar-refractivity contribution < 1.29 is 0 Å². The van der Waals surface area contributed by atoms with Gasteiger partial charge in [0, 0.05) is 24.5 Å². The Morgan fingerprint density at radius 2 is 1.00 bits per heavy atom. The number of hydrogen-bond acceptors (Lipinski definition) is 2. The van der Waals surface area contributed by atoms with E-state index in [0.717, 1.165) is 24.5 Å². The summed E-state index contributed by atoms with van der Waals surface area (Å²) in [5.74, 6) is 0. The van der Waals surface area contributed by atoms with Gasteiger partial charge in [0.15, 0.2) is 0 Å². The fourth-order valence-electron chi connectivity index (χ4n) is 1.63. The van der Waals surface area contributed by atoms with E-state index in [9.17, 15) is 0 Å². The van der Waals surface area contributed by atoms with Gasteiger partial charge in [-0.1, -0.05) is 48.6 Å². The first-order valence-corrected chi connectivity index (χ1v) is 6.18. The molecule has 0 aromatic heterocycles. The fraction of sp³-hybridized carbons (Fsp3) is 0.125. The van der Waals surface area contributed by atoms with Crippen LogP contribution in [-0.2, 0) is 0 Å². The van der Waals surface area contributed by atoms with Crippen LogP contribution in [0.2, 0.25) is 0 Å². The number of para-hydroxylation sites is 2. The predicted octanol–water partition coefficient (Wildman–Crippen LogP) is 3.77. The van der Waals surface area contributed by atoms with Crippen LogP contribution in [0, 0.1) is 0 Å². The SMILES string of the molecule is C(=CCNc1ccccc1)CNc1ccccc1. The minimum absolute atomic E-state index is 0.848. The first kappa shape index (κ1) is 12.2. The van der Waals surface area contributed by atoms with Crippen LogP contribution in [-0.4, -0.2) is 13.1 Å². The molecule has 0 saturated heterocycles. The number of benzene rings is 2. The summed E-state index contributed by atoms with van der Waals surface area (Å²) in [5.41, 5.74) is 2.30. The smallest absolute Gasteiger partial charge is 0.0342 e. The third-order valence-electron chi connectivity index (χ3n) is 2.56. The summed E-state index contributed by atoms with van der Waals surface area (Å²) in [6.07, 6.45) is 4.26. The van der Waals surface area contributed by atoms with Crippen molar-refractivity contribution in [3.05, 3.63) is 72.8 Å². The molecular formula is C16H18N2. The molecule has 2 N–H and O–H groups in total. The Bertz CT molecular complexity index is 417. The quantitative estimate of drug-likeness (QED) is 0.749. The molecule has 92 valence electrons. The van der Waals surface area contributed by atoms with Crippen molar-refractivity contribution in [1.29, 1.82) is 0 Å². The molecule has 2 aromatic rings. The summed E-state index contributed by atoms with van der Waals surface area (Å²) in [6.45, 7) is 1.70. The Morgan fingerprint density at radius 1 is 0.611 bits per heavy atom. The van der Waals surface area contributed by atoms with Gasteiger partial charge in [-0.2, -0.15) is 0 Å². The molecule has 0 saturated carbocycles. The van der Waals surface area contributed by atoms with Crippen molar-refractivity contribution in [1.82, 2.24) is 0 Å². The second kappa shape index (κ2) is 7.17. The largest absolute Gasteiger partial charge is 0.382 e. The van der Waals surface area contributed by atoms with Gasteiger partial charge in [0.25, 0.3) is 0 Å². The van der Waals surface area contributed by atoms with E-state index in [-0.39, 0.29) is 0 Å². The highest BCUT2D eigenvalue weighted by Crippen LogP contribution is 2.05. The number of rotatable bonds is 6. The third-order valence-corrected chi connectivity index (χ3v) is 2.56. The Morgan fingerprint density at radius 3 is 1.39 bits per heavy atom. The minimum Gasteiger partial charge on any atom is -0.382 e. The van der Waals surface area contributed by atoms with Gasteiger partial charge in [-0.3, -0.25) is 0 Å². The van der Waals surface area contributed by atoms with Crippen LogP contribution in [0.4, 0.5) is 11.4 Å². The van der Waals surface area contributed by atoms with Crippen LogP contribution in [0.15, 0.2) is 72.8 Å². The normalized spacial score (nSPS) is 10.4. The van der Waals surface area contributed by atoms with E-state index in [0.29, 0.717) is 0 Å². The molecule has 2 aromatic carbocycles. The fourth-order valence-corrected chi connectivity index (χ4v) is 1.63. The van der Waals surface area contributed by atoms with Crippen LogP contribution in [0.3, 0.4) is 0 Å². The summed E-state index contributed by atoms with van der Waals surface area (Å²) in [5, 5.41) is 6.66. The molecule has 2 nitrogen and oxygen atoms in total. The van der Waals surface area contributed by atoms with Crippen LogP contribution >= 0.6 is 0 Å². The zero-order valence-electron chi connectivity index (χ0n) is 10.3. The van der Waals surface area contributed by atoms with E-state index < -0.39 is 0 Å². The predicted molar refractivity (Wildman–Crippen MR) is 79.0 cm³/mol. The average molecular weight is 238 g/mol. The van der Waals surface area contributed by atoms with Crippen molar-refractivity contribution in [3.63, 3.8) is 0 Å². The average Bonchev–Trinajstić information content (AvgIpc) is 2.45. The molecule has 0 bridgehead atoms. The van der Waals surface area contributed by atoms with Gasteiger partial charge in [0.1, 0.15) is 0 Å². The van der Waals surface area contributed by atoms with Crippen LogP contribution < -0.4 is 10.6 Å². The first-order valence-electron chi connectivity index (χ1n) is 6.18. The van der Waals surface area contributed by atoms with E-state index >= 15 is 0 Å². The van der Waals surface area contributed by atoms with Crippen LogP contribution in [0.1, 0.15) is 0 Å². The standard InChI is InChI=1S/C16H18N2/c1-3-9-15(10-4-1)17-13-7-8-14-18-16-11-5-2-6-12-16/h1-12,17-18H,13-14H2. The van der Waals surface area contributed by atoms with E-state index in [1.54, 1.807) is 0 Å². The highest BCUT2D eigenvalue weighted by atomic mass is 14.9. The molecule has 0 fully saturated rings. The van der Waals surface area contributed by atoms with Crippen molar-refractivity contribution in [3.8, 4) is 0 Å². The molecule has 0 aliphatic heterocycles. The number of anilines is 2. The van der Waals surface area contributed by atoms with Crippen LogP contribution in [0.25, 0.3) is 0 Å². The highest BCUT2D eigenvalue weighted by Gasteiger charge is 1.86. The molecule has 0 spiro atoms. The maximum absolute atomic E-state index is 3.33. The van der Waals surface area contributed by atoms with E-state index in [4.69, 9.17) is 0 Å². The van der Waals surface area contributed by atoms with Gasteiger partial charge in [-0.05, 0) is 24.3 Å². The van der Waals surface area contributed by atoms with Crippen molar-refractivity contribution in [2.24, 2.45) is 0 Å². The molecule has 0 unspecified atom stereocenters. The summed E-state index contributed by atoms with van der Waals surface area (Å²) in [7, 11) is 0. The maximum Gasteiger partial charge on any atom is 0.0342 e. The van der Waals surface area contributed by atoms with Gasteiger partial charge in [0.05, 0.1) is 0 Å². The lowest BCUT2D eigenvalue weighted by Gasteiger charge is -2.03. The molecule has 0 aliphatic rings. The topological polar surface area (TPSA) is 24.1 Å². The number of nitrogens with one attached hydrogen (secondary N) is 2. The molecule has 0 atom stereocenters. The molecule has 0 heterocycles. The lowest BCUT2D eigenvalue weighted by Crippen LogP contribution is -2.00. The Hall–Kier alpha value is -2.22. The monoisotopic (exact) mass is 238 g/mol. The van der Waals surface area contributed by atoms with Crippen LogP contribution in [0.5, 0.6) is 0 Å². The molecular weight excluding hydrogens is 220 g/mol. The van der Waals surface area contributed by atoms with Gasteiger partial charge < -0.3 is 10.6 Å².